The molecule has 94 valence electrons. The van der Waals surface area contributed by atoms with Crippen LogP contribution in [0, 0.1) is 6.92 Å². The minimum atomic E-state index is 0.798. The van der Waals surface area contributed by atoms with Crippen LogP contribution in [0.25, 0.3) is 0 Å². The Morgan fingerprint density at radius 2 is 1.94 bits per heavy atom. The van der Waals surface area contributed by atoms with Crippen LogP contribution in [0.4, 0.5) is 11.5 Å². The van der Waals surface area contributed by atoms with Crippen molar-refractivity contribution in [3.63, 3.8) is 0 Å². The van der Waals surface area contributed by atoms with Gasteiger partial charge in [-0.25, -0.2) is 9.97 Å². The molecule has 1 aromatic carbocycles. The third-order valence-electron chi connectivity index (χ3n) is 2.51. The Morgan fingerprint density at radius 1 is 1.17 bits per heavy atom. The topological polar surface area (TPSA) is 37.8 Å². The highest BCUT2D eigenvalue weighted by Gasteiger charge is 2.04. The number of benzene rings is 1. The molecule has 0 atom stereocenters. The van der Waals surface area contributed by atoms with Gasteiger partial charge >= 0.3 is 0 Å². The highest BCUT2D eigenvalue weighted by molar-refractivity contribution is 9.10. The van der Waals surface area contributed by atoms with E-state index >= 15 is 0 Å². The molecular formula is C13H13Br2N3. The zero-order valence-electron chi connectivity index (χ0n) is 10.2. The van der Waals surface area contributed by atoms with Crippen LogP contribution in [0.15, 0.2) is 33.3 Å². The van der Waals surface area contributed by atoms with E-state index in [-0.39, 0.29) is 0 Å². The smallest absolute Gasteiger partial charge is 0.135 e. The summed E-state index contributed by atoms with van der Waals surface area (Å²) >= 11 is 6.85. The summed E-state index contributed by atoms with van der Waals surface area (Å²) in [5.41, 5.74) is 2.21. The van der Waals surface area contributed by atoms with Crippen molar-refractivity contribution < 1.29 is 0 Å². The number of aryl methyl sites for hydroxylation is 2. The highest BCUT2D eigenvalue weighted by Crippen LogP contribution is 2.24. The molecule has 0 amide bonds. The SMILES string of the molecule is CCc1nc(Br)cc(Nc2ccc(Br)cc2C)n1. The van der Waals surface area contributed by atoms with E-state index in [4.69, 9.17) is 0 Å². The molecule has 0 fully saturated rings. The summed E-state index contributed by atoms with van der Waals surface area (Å²) < 4.78 is 1.87. The molecule has 1 N–H and O–H groups in total. The van der Waals surface area contributed by atoms with Crippen molar-refractivity contribution in [1.29, 1.82) is 0 Å². The Kier molecular flexibility index (Phi) is 4.35. The molecule has 0 radical (unpaired) electrons. The fraction of sp³-hybridized carbons (Fsp3) is 0.231. The van der Waals surface area contributed by atoms with Gasteiger partial charge < -0.3 is 5.32 Å². The second kappa shape index (κ2) is 5.80. The van der Waals surface area contributed by atoms with Crippen LogP contribution < -0.4 is 5.32 Å². The lowest BCUT2D eigenvalue weighted by Gasteiger charge is -2.10. The summed E-state index contributed by atoms with van der Waals surface area (Å²) in [4.78, 5) is 8.74. The number of hydrogen-bond donors (Lipinski definition) is 1. The van der Waals surface area contributed by atoms with Crippen LogP contribution in [0.2, 0.25) is 0 Å². The average molecular weight is 371 g/mol. The lowest BCUT2D eigenvalue weighted by molar-refractivity contribution is 0.931. The molecule has 0 saturated carbocycles. The normalized spacial score (nSPS) is 10.4. The fourth-order valence-corrected chi connectivity index (χ4v) is 2.49. The largest absolute Gasteiger partial charge is 0.340 e. The molecule has 2 aromatic rings. The standard InChI is InChI=1S/C13H13Br2N3/c1-3-12-17-11(15)7-13(18-12)16-10-5-4-9(14)6-8(10)2/h4-7H,3H2,1-2H3,(H,16,17,18). The molecule has 0 spiro atoms. The molecule has 1 heterocycles. The number of hydrogen-bond acceptors (Lipinski definition) is 3. The summed E-state index contributed by atoms with van der Waals surface area (Å²) in [6.45, 7) is 4.10. The minimum absolute atomic E-state index is 0.798. The van der Waals surface area contributed by atoms with Crippen molar-refractivity contribution in [1.82, 2.24) is 9.97 Å². The van der Waals surface area contributed by atoms with Gasteiger partial charge in [-0.2, -0.15) is 0 Å². The molecule has 0 aliphatic rings. The molecule has 0 bridgehead atoms. The van der Waals surface area contributed by atoms with E-state index in [1.165, 1.54) is 0 Å². The van der Waals surface area contributed by atoms with Gasteiger partial charge in [0.15, 0.2) is 0 Å². The van der Waals surface area contributed by atoms with Crippen LogP contribution in [0.1, 0.15) is 18.3 Å². The molecule has 0 aliphatic carbocycles. The van der Waals surface area contributed by atoms with Crippen molar-refractivity contribution in [2.45, 2.75) is 20.3 Å². The molecule has 0 saturated heterocycles. The quantitative estimate of drug-likeness (QED) is 0.801. The van der Waals surface area contributed by atoms with E-state index in [0.29, 0.717) is 0 Å². The molecule has 2 rings (SSSR count). The second-order valence-electron chi connectivity index (χ2n) is 3.93. The van der Waals surface area contributed by atoms with E-state index < -0.39 is 0 Å². The van der Waals surface area contributed by atoms with Gasteiger partial charge in [-0.15, -0.1) is 0 Å². The molecular weight excluding hydrogens is 358 g/mol. The first-order valence-corrected chi connectivity index (χ1v) is 7.23. The van der Waals surface area contributed by atoms with Crippen LogP contribution in [-0.4, -0.2) is 9.97 Å². The van der Waals surface area contributed by atoms with Crippen molar-refractivity contribution in [3.05, 3.63) is 44.7 Å². The number of nitrogens with one attached hydrogen (secondary N) is 1. The monoisotopic (exact) mass is 369 g/mol. The van der Waals surface area contributed by atoms with E-state index in [1.807, 2.05) is 25.1 Å². The van der Waals surface area contributed by atoms with Gasteiger partial charge in [-0.1, -0.05) is 22.9 Å². The van der Waals surface area contributed by atoms with E-state index in [1.54, 1.807) is 0 Å². The van der Waals surface area contributed by atoms with E-state index in [0.717, 1.165) is 38.4 Å². The Morgan fingerprint density at radius 3 is 2.61 bits per heavy atom. The van der Waals surface area contributed by atoms with Crippen LogP contribution in [0.3, 0.4) is 0 Å². The summed E-state index contributed by atoms with van der Waals surface area (Å²) in [7, 11) is 0. The number of halogens is 2. The lowest BCUT2D eigenvalue weighted by Crippen LogP contribution is -2.00. The van der Waals surface area contributed by atoms with Gasteiger partial charge in [-0.3, -0.25) is 0 Å². The average Bonchev–Trinajstić information content (AvgIpc) is 2.32. The Labute approximate surface area is 123 Å². The van der Waals surface area contributed by atoms with E-state index in [9.17, 15) is 0 Å². The molecule has 5 heteroatoms. The minimum Gasteiger partial charge on any atom is -0.340 e. The first-order valence-electron chi connectivity index (χ1n) is 5.65. The molecule has 1 aromatic heterocycles. The number of rotatable bonds is 3. The maximum Gasteiger partial charge on any atom is 0.135 e. The zero-order valence-corrected chi connectivity index (χ0v) is 13.3. The second-order valence-corrected chi connectivity index (χ2v) is 5.66. The van der Waals surface area contributed by atoms with Crippen molar-refractivity contribution in [3.8, 4) is 0 Å². The zero-order chi connectivity index (χ0) is 13.1. The van der Waals surface area contributed by atoms with Crippen molar-refractivity contribution in [2.24, 2.45) is 0 Å². The number of nitrogens with zero attached hydrogens (tertiary/aromatic N) is 2. The van der Waals surface area contributed by atoms with Gasteiger partial charge in [0.2, 0.25) is 0 Å². The first kappa shape index (κ1) is 13.5. The molecule has 0 unspecified atom stereocenters. The van der Waals surface area contributed by atoms with Gasteiger partial charge in [0.25, 0.3) is 0 Å². The summed E-state index contributed by atoms with van der Waals surface area (Å²) in [5.74, 6) is 1.63. The number of anilines is 2. The Balaban J connectivity index is 2.30. The van der Waals surface area contributed by atoms with Gasteiger partial charge in [0.1, 0.15) is 16.2 Å². The van der Waals surface area contributed by atoms with Gasteiger partial charge in [0, 0.05) is 22.6 Å². The van der Waals surface area contributed by atoms with Gasteiger partial charge in [0.05, 0.1) is 0 Å². The Hall–Kier alpha value is -0.940. The van der Waals surface area contributed by atoms with E-state index in [2.05, 4.69) is 60.1 Å². The predicted octanol–water partition coefficient (Wildman–Crippen LogP) is 4.62. The summed E-state index contributed by atoms with van der Waals surface area (Å²) in [5, 5.41) is 3.31. The van der Waals surface area contributed by atoms with Crippen LogP contribution >= 0.6 is 31.9 Å². The van der Waals surface area contributed by atoms with Gasteiger partial charge in [-0.05, 0) is 46.6 Å². The third-order valence-corrected chi connectivity index (χ3v) is 3.41. The highest BCUT2D eigenvalue weighted by atomic mass is 79.9. The molecule has 0 aliphatic heterocycles. The fourth-order valence-electron chi connectivity index (χ4n) is 1.59. The van der Waals surface area contributed by atoms with Crippen molar-refractivity contribution in [2.75, 3.05) is 5.32 Å². The summed E-state index contributed by atoms with van der Waals surface area (Å²) in [6.07, 6.45) is 0.813. The molecule has 3 nitrogen and oxygen atoms in total. The lowest BCUT2D eigenvalue weighted by atomic mass is 10.2. The van der Waals surface area contributed by atoms with Crippen molar-refractivity contribution >= 4 is 43.4 Å². The predicted molar refractivity (Wildman–Crippen MR) is 81.3 cm³/mol. The third kappa shape index (κ3) is 3.29. The van der Waals surface area contributed by atoms with Crippen LogP contribution in [0.5, 0.6) is 0 Å². The maximum atomic E-state index is 4.45. The molecule has 18 heavy (non-hydrogen) atoms. The van der Waals surface area contributed by atoms with Crippen LogP contribution in [-0.2, 0) is 6.42 Å². The maximum absolute atomic E-state index is 4.45. The first-order chi connectivity index (χ1) is 8.58. The Bertz CT molecular complexity index is 570. The number of aromatic nitrogens is 2. The summed E-state index contributed by atoms with van der Waals surface area (Å²) in [6, 6.07) is 7.98.